The van der Waals surface area contributed by atoms with Crippen molar-refractivity contribution in [3.8, 4) is 11.8 Å². The molecular weight excluding hydrogens is 283 g/mol. The van der Waals surface area contributed by atoms with Crippen LogP contribution in [0.2, 0.25) is 0 Å². The number of benzene rings is 2. The van der Waals surface area contributed by atoms with Gasteiger partial charge in [-0.3, -0.25) is 0 Å². The molecule has 3 nitrogen and oxygen atoms in total. The number of nitriles is 1. The van der Waals surface area contributed by atoms with E-state index in [1.165, 1.54) is 18.2 Å². The number of nitrogens with zero attached hydrogens (tertiary/aromatic N) is 1. The summed E-state index contributed by atoms with van der Waals surface area (Å²) in [5.74, 6) is -3.42. The van der Waals surface area contributed by atoms with Crippen molar-refractivity contribution in [3.05, 3.63) is 64.5 Å². The average molecular weight is 293 g/mol. The lowest BCUT2D eigenvalue weighted by molar-refractivity contribution is 0.263. The quantitative estimate of drug-likeness (QED) is 0.942. The smallest absolute Gasteiger partial charge is 0.191 e. The van der Waals surface area contributed by atoms with E-state index < -0.39 is 36.4 Å². The summed E-state index contributed by atoms with van der Waals surface area (Å²) in [7, 11) is 0. The van der Waals surface area contributed by atoms with Gasteiger partial charge in [0.05, 0.1) is 12.2 Å². The molecule has 0 unspecified atom stereocenters. The molecule has 0 aromatic heterocycles. The lowest BCUT2D eigenvalue weighted by Crippen LogP contribution is -2.04. The number of ether oxygens (including phenoxy) is 1. The summed E-state index contributed by atoms with van der Waals surface area (Å²) in [6, 6.07) is 7.62. The minimum Gasteiger partial charge on any atom is -0.483 e. The van der Waals surface area contributed by atoms with E-state index in [-0.39, 0.29) is 16.7 Å². The van der Waals surface area contributed by atoms with Gasteiger partial charge in [-0.1, -0.05) is 12.1 Å². The number of rotatable bonds is 4. The molecule has 0 heterocycles. The van der Waals surface area contributed by atoms with Gasteiger partial charge in [0.25, 0.3) is 0 Å². The van der Waals surface area contributed by atoms with Crippen molar-refractivity contribution in [1.29, 1.82) is 5.26 Å². The highest BCUT2D eigenvalue weighted by Gasteiger charge is 2.14. The van der Waals surface area contributed by atoms with Crippen LogP contribution in [0, 0.1) is 28.8 Å². The summed E-state index contributed by atoms with van der Waals surface area (Å²) in [5.41, 5.74) is -0.0956. The lowest BCUT2D eigenvalue weighted by atomic mass is 10.1. The van der Waals surface area contributed by atoms with Gasteiger partial charge < -0.3 is 9.84 Å². The van der Waals surface area contributed by atoms with Gasteiger partial charge in [-0.2, -0.15) is 5.26 Å². The van der Waals surface area contributed by atoms with Crippen LogP contribution in [0.1, 0.15) is 16.7 Å². The zero-order valence-electron chi connectivity index (χ0n) is 10.7. The molecule has 2 aromatic carbocycles. The first-order valence-electron chi connectivity index (χ1n) is 5.96. The Morgan fingerprint density at radius 3 is 2.38 bits per heavy atom. The van der Waals surface area contributed by atoms with Gasteiger partial charge in [0.2, 0.25) is 0 Å². The van der Waals surface area contributed by atoms with E-state index in [2.05, 4.69) is 0 Å². The predicted octanol–water partition coefficient (Wildman–Crippen LogP) is 3.05. The first kappa shape index (κ1) is 14.9. The number of hydrogen-bond acceptors (Lipinski definition) is 3. The van der Waals surface area contributed by atoms with Crippen molar-refractivity contribution in [3.63, 3.8) is 0 Å². The fraction of sp³-hybridized carbons (Fsp3) is 0.133. The van der Waals surface area contributed by atoms with Gasteiger partial charge in [-0.05, 0) is 23.8 Å². The van der Waals surface area contributed by atoms with Crippen LogP contribution < -0.4 is 4.74 Å². The molecule has 0 saturated heterocycles. The van der Waals surface area contributed by atoms with E-state index in [1.807, 2.05) is 0 Å². The third-order valence-corrected chi connectivity index (χ3v) is 2.81. The van der Waals surface area contributed by atoms with Gasteiger partial charge >= 0.3 is 0 Å². The molecule has 0 bridgehead atoms. The van der Waals surface area contributed by atoms with Crippen molar-refractivity contribution >= 4 is 0 Å². The Labute approximate surface area is 118 Å². The summed E-state index contributed by atoms with van der Waals surface area (Å²) in [6.45, 7) is -0.930. The summed E-state index contributed by atoms with van der Waals surface area (Å²) in [4.78, 5) is 0. The summed E-state index contributed by atoms with van der Waals surface area (Å²) < 4.78 is 46.0. The minimum atomic E-state index is -0.990. The Balaban J connectivity index is 2.23. The standard InChI is InChI=1S/C15H10F3NO2/c16-12-4-9(7-20)5-13(17)15(12)21-8-11-3-1-2-10(6-19)14(11)18/h1-5,20H,7-8H2. The Bertz CT molecular complexity index is 688. The molecule has 0 saturated carbocycles. The number of aliphatic hydroxyl groups is 1. The summed E-state index contributed by atoms with van der Waals surface area (Å²) in [6.07, 6.45) is 0. The second kappa shape index (κ2) is 6.29. The topological polar surface area (TPSA) is 53.2 Å². The van der Waals surface area contributed by atoms with Crippen molar-refractivity contribution in [1.82, 2.24) is 0 Å². The van der Waals surface area contributed by atoms with E-state index in [4.69, 9.17) is 15.1 Å². The Morgan fingerprint density at radius 2 is 1.81 bits per heavy atom. The van der Waals surface area contributed by atoms with Crippen LogP contribution in [0.3, 0.4) is 0 Å². The van der Waals surface area contributed by atoms with E-state index >= 15 is 0 Å². The Morgan fingerprint density at radius 1 is 1.14 bits per heavy atom. The van der Waals surface area contributed by atoms with E-state index in [0.29, 0.717) is 0 Å². The van der Waals surface area contributed by atoms with Gasteiger partial charge in [0.15, 0.2) is 17.4 Å². The maximum Gasteiger partial charge on any atom is 0.191 e. The molecule has 0 aliphatic carbocycles. The van der Waals surface area contributed by atoms with Gasteiger partial charge in [0, 0.05) is 5.56 Å². The maximum absolute atomic E-state index is 13.8. The average Bonchev–Trinajstić information content (AvgIpc) is 2.47. The van der Waals surface area contributed by atoms with E-state index in [1.54, 1.807) is 6.07 Å². The molecule has 2 aromatic rings. The van der Waals surface area contributed by atoms with E-state index in [9.17, 15) is 13.2 Å². The largest absolute Gasteiger partial charge is 0.483 e. The fourth-order valence-electron chi connectivity index (χ4n) is 1.77. The molecule has 21 heavy (non-hydrogen) atoms. The van der Waals surface area contributed by atoms with Crippen LogP contribution in [-0.4, -0.2) is 5.11 Å². The molecule has 1 N–H and O–H groups in total. The van der Waals surface area contributed by atoms with Crippen LogP contribution in [0.25, 0.3) is 0 Å². The first-order valence-corrected chi connectivity index (χ1v) is 5.96. The third-order valence-electron chi connectivity index (χ3n) is 2.81. The highest BCUT2D eigenvalue weighted by molar-refractivity contribution is 5.35. The van der Waals surface area contributed by atoms with Crippen LogP contribution >= 0.6 is 0 Å². The summed E-state index contributed by atoms with van der Waals surface area (Å²) in [5, 5.41) is 17.5. The second-order valence-electron chi connectivity index (χ2n) is 4.23. The maximum atomic E-state index is 13.8. The van der Waals surface area contributed by atoms with Crippen molar-refractivity contribution < 1.29 is 23.0 Å². The fourth-order valence-corrected chi connectivity index (χ4v) is 1.77. The zero-order valence-corrected chi connectivity index (χ0v) is 10.7. The number of halogens is 3. The molecule has 6 heteroatoms. The third kappa shape index (κ3) is 3.15. The molecule has 0 fully saturated rings. The van der Waals surface area contributed by atoms with Crippen molar-refractivity contribution in [2.24, 2.45) is 0 Å². The van der Waals surface area contributed by atoms with E-state index in [0.717, 1.165) is 12.1 Å². The van der Waals surface area contributed by atoms with Crippen molar-refractivity contribution in [2.45, 2.75) is 13.2 Å². The highest BCUT2D eigenvalue weighted by Crippen LogP contribution is 2.25. The normalized spacial score (nSPS) is 10.2. The van der Waals surface area contributed by atoms with Crippen LogP contribution in [-0.2, 0) is 13.2 Å². The Hall–Kier alpha value is -2.52. The molecule has 0 aliphatic rings. The molecule has 0 amide bonds. The van der Waals surface area contributed by atoms with Gasteiger partial charge in [-0.25, -0.2) is 13.2 Å². The number of aliphatic hydroxyl groups excluding tert-OH is 1. The monoisotopic (exact) mass is 293 g/mol. The molecule has 0 aliphatic heterocycles. The SMILES string of the molecule is N#Cc1cccc(COc2c(F)cc(CO)cc2F)c1F. The lowest BCUT2D eigenvalue weighted by Gasteiger charge is -2.10. The van der Waals surface area contributed by atoms with Gasteiger partial charge in [0.1, 0.15) is 18.5 Å². The molecule has 0 radical (unpaired) electrons. The first-order chi connectivity index (χ1) is 10.1. The van der Waals surface area contributed by atoms with Crippen LogP contribution in [0.15, 0.2) is 30.3 Å². The molecule has 0 spiro atoms. The summed E-state index contributed by atoms with van der Waals surface area (Å²) >= 11 is 0. The van der Waals surface area contributed by atoms with Crippen molar-refractivity contribution in [2.75, 3.05) is 0 Å². The zero-order chi connectivity index (χ0) is 15.4. The molecular formula is C15H10F3NO2. The number of hydrogen-bond donors (Lipinski definition) is 1. The second-order valence-corrected chi connectivity index (χ2v) is 4.23. The molecule has 108 valence electrons. The predicted molar refractivity (Wildman–Crippen MR) is 67.7 cm³/mol. The molecule has 0 atom stereocenters. The Kier molecular flexibility index (Phi) is 4.45. The van der Waals surface area contributed by atoms with Crippen LogP contribution in [0.4, 0.5) is 13.2 Å². The molecule has 2 rings (SSSR count). The highest BCUT2D eigenvalue weighted by atomic mass is 19.1. The van der Waals surface area contributed by atoms with Crippen LogP contribution in [0.5, 0.6) is 5.75 Å². The minimum absolute atomic E-state index is 0.0130. The van der Waals surface area contributed by atoms with Gasteiger partial charge in [-0.15, -0.1) is 0 Å².